The van der Waals surface area contributed by atoms with Crippen molar-refractivity contribution in [2.24, 2.45) is 11.7 Å². The summed E-state index contributed by atoms with van der Waals surface area (Å²) in [5, 5.41) is 0. The van der Waals surface area contributed by atoms with Gasteiger partial charge in [-0.1, -0.05) is 0 Å². The summed E-state index contributed by atoms with van der Waals surface area (Å²) >= 11 is 0. The fourth-order valence-electron chi connectivity index (χ4n) is 2.32. The van der Waals surface area contributed by atoms with Crippen LogP contribution in [0.15, 0.2) is 12.1 Å². The van der Waals surface area contributed by atoms with Crippen LogP contribution >= 0.6 is 0 Å². The van der Waals surface area contributed by atoms with Gasteiger partial charge in [0.1, 0.15) is 11.5 Å². The number of benzene rings is 1. The molecule has 0 heterocycles. The molecule has 1 fully saturated rings. The molecule has 18 heavy (non-hydrogen) atoms. The molecule has 2 N–H and O–H groups in total. The summed E-state index contributed by atoms with van der Waals surface area (Å²) in [7, 11) is 3.45. The summed E-state index contributed by atoms with van der Waals surface area (Å²) in [5.41, 5.74) is 8.26. The van der Waals surface area contributed by atoms with Crippen LogP contribution in [0.25, 0.3) is 0 Å². The minimum atomic E-state index is 0.123. The maximum Gasteiger partial charge on any atom is 0.122 e. The molecule has 1 aliphatic rings. The second-order valence-corrected chi connectivity index (χ2v) is 5.30. The SMILES string of the molecule is COc1cc(CC2CC2)c(OC)cc1CC(C)N. The fraction of sp³-hybridized carbons (Fsp3) is 0.600. The zero-order valence-corrected chi connectivity index (χ0v) is 11.5. The standard InChI is InChI=1S/C15H23NO2/c1-10(16)6-12-8-15(18-3)13(7-11-4-5-11)9-14(12)17-2/h8-11H,4-7,16H2,1-3H3. The van der Waals surface area contributed by atoms with E-state index in [4.69, 9.17) is 15.2 Å². The largest absolute Gasteiger partial charge is 0.496 e. The highest BCUT2D eigenvalue weighted by Crippen LogP contribution is 2.38. The van der Waals surface area contributed by atoms with Gasteiger partial charge in [-0.25, -0.2) is 0 Å². The van der Waals surface area contributed by atoms with Crippen molar-refractivity contribution in [3.8, 4) is 11.5 Å². The lowest BCUT2D eigenvalue weighted by molar-refractivity contribution is 0.393. The van der Waals surface area contributed by atoms with Crippen molar-refractivity contribution in [1.29, 1.82) is 0 Å². The summed E-state index contributed by atoms with van der Waals surface area (Å²) < 4.78 is 11.0. The van der Waals surface area contributed by atoms with Crippen molar-refractivity contribution in [3.05, 3.63) is 23.3 Å². The Kier molecular flexibility index (Phi) is 4.12. The van der Waals surface area contributed by atoms with Crippen LogP contribution in [-0.4, -0.2) is 20.3 Å². The van der Waals surface area contributed by atoms with Crippen LogP contribution in [0.5, 0.6) is 11.5 Å². The van der Waals surface area contributed by atoms with Gasteiger partial charge in [0.25, 0.3) is 0 Å². The molecule has 3 heteroatoms. The average molecular weight is 249 g/mol. The Morgan fingerprint density at radius 3 is 2.22 bits per heavy atom. The molecule has 100 valence electrons. The van der Waals surface area contributed by atoms with Gasteiger partial charge in [-0.05, 0) is 61.8 Å². The van der Waals surface area contributed by atoms with Gasteiger partial charge >= 0.3 is 0 Å². The molecular formula is C15H23NO2. The van der Waals surface area contributed by atoms with E-state index in [0.29, 0.717) is 0 Å². The molecule has 1 aliphatic carbocycles. The van der Waals surface area contributed by atoms with E-state index in [2.05, 4.69) is 12.1 Å². The second kappa shape index (κ2) is 5.61. The van der Waals surface area contributed by atoms with E-state index in [-0.39, 0.29) is 6.04 Å². The van der Waals surface area contributed by atoms with Crippen molar-refractivity contribution in [2.45, 2.75) is 38.6 Å². The van der Waals surface area contributed by atoms with Crippen LogP contribution in [-0.2, 0) is 12.8 Å². The lowest BCUT2D eigenvalue weighted by atomic mass is 10.00. The molecule has 1 unspecified atom stereocenters. The third kappa shape index (κ3) is 3.16. The molecule has 0 amide bonds. The number of ether oxygens (including phenoxy) is 2. The smallest absolute Gasteiger partial charge is 0.122 e. The summed E-state index contributed by atoms with van der Waals surface area (Å²) in [6.07, 6.45) is 4.58. The molecule has 2 rings (SSSR count). The third-order valence-corrected chi connectivity index (χ3v) is 3.43. The molecule has 0 aromatic heterocycles. The van der Waals surface area contributed by atoms with E-state index in [1.165, 1.54) is 18.4 Å². The Labute approximate surface area is 109 Å². The second-order valence-electron chi connectivity index (χ2n) is 5.30. The third-order valence-electron chi connectivity index (χ3n) is 3.43. The number of rotatable bonds is 6. The number of nitrogens with two attached hydrogens (primary N) is 1. The topological polar surface area (TPSA) is 44.5 Å². The van der Waals surface area contributed by atoms with Crippen molar-refractivity contribution < 1.29 is 9.47 Å². The zero-order valence-electron chi connectivity index (χ0n) is 11.5. The molecule has 0 saturated heterocycles. The Morgan fingerprint density at radius 2 is 1.72 bits per heavy atom. The highest BCUT2D eigenvalue weighted by molar-refractivity contribution is 5.47. The molecule has 1 atom stereocenters. The van der Waals surface area contributed by atoms with Crippen molar-refractivity contribution in [2.75, 3.05) is 14.2 Å². The monoisotopic (exact) mass is 249 g/mol. The average Bonchev–Trinajstić information content (AvgIpc) is 3.13. The van der Waals surface area contributed by atoms with Crippen molar-refractivity contribution >= 4 is 0 Å². The minimum Gasteiger partial charge on any atom is -0.496 e. The van der Waals surface area contributed by atoms with Gasteiger partial charge in [0.05, 0.1) is 14.2 Å². The molecule has 0 aliphatic heterocycles. The first kappa shape index (κ1) is 13.2. The Hall–Kier alpha value is -1.22. The van der Waals surface area contributed by atoms with E-state index < -0.39 is 0 Å². The van der Waals surface area contributed by atoms with Gasteiger partial charge in [0.2, 0.25) is 0 Å². The van der Waals surface area contributed by atoms with Gasteiger partial charge in [-0.3, -0.25) is 0 Å². The number of hydrogen-bond donors (Lipinski definition) is 1. The minimum absolute atomic E-state index is 0.123. The Bertz CT molecular complexity index is 379. The first-order valence-corrected chi connectivity index (χ1v) is 6.63. The van der Waals surface area contributed by atoms with Gasteiger partial charge < -0.3 is 15.2 Å². The lowest BCUT2D eigenvalue weighted by Gasteiger charge is -2.16. The molecule has 0 radical (unpaired) electrons. The fourth-order valence-corrected chi connectivity index (χ4v) is 2.32. The summed E-state index contributed by atoms with van der Waals surface area (Å²) in [6, 6.07) is 4.33. The van der Waals surface area contributed by atoms with Gasteiger partial charge in [0, 0.05) is 6.04 Å². The van der Waals surface area contributed by atoms with E-state index >= 15 is 0 Å². The highest BCUT2D eigenvalue weighted by atomic mass is 16.5. The van der Waals surface area contributed by atoms with Crippen LogP contribution in [0.2, 0.25) is 0 Å². The number of hydrogen-bond acceptors (Lipinski definition) is 3. The molecule has 1 aromatic carbocycles. The maximum absolute atomic E-state index is 5.87. The Morgan fingerprint density at radius 1 is 1.17 bits per heavy atom. The van der Waals surface area contributed by atoms with Crippen molar-refractivity contribution in [1.82, 2.24) is 0 Å². The molecule has 1 aromatic rings. The molecular weight excluding hydrogens is 226 g/mol. The maximum atomic E-state index is 5.87. The summed E-state index contributed by atoms with van der Waals surface area (Å²) in [6.45, 7) is 2.00. The predicted octanol–water partition coefficient (Wildman–Crippen LogP) is 2.55. The predicted molar refractivity (Wildman–Crippen MR) is 73.3 cm³/mol. The van der Waals surface area contributed by atoms with Crippen LogP contribution in [0.4, 0.5) is 0 Å². The number of methoxy groups -OCH3 is 2. The van der Waals surface area contributed by atoms with Crippen LogP contribution < -0.4 is 15.2 Å². The van der Waals surface area contributed by atoms with Crippen LogP contribution in [0, 0.1) is 5.92 Å². The van der Waals surface area contributed by atoms with E-state index in [1.807, 2.05) is 6.92 Å². The Balaban J connectivity index is 2.29. The van der Waals surface area contributed by atoms with E-state index in [1.54, 1.807) is 14.2 Å². The van der Waals surface area contributed by atoms with Gasteiger partial charge in [0.15, 0.2) is 0 Å². The molecule has 3 nitrogen and oxygen atoms in total. The van der Waals surface area contributed by atoms with Gasteiger partial charge in [-0.2, -0.15) is 0 Å². The van der Waals surface area contributed by atoms with E-state index in [9.17, 15) is 0 Å². The zero-order chi connectivity index (χ0) is 13.1. The lowest BCUT2D eigenvalue weighted by Crippen LogP contribution is -2.18. The van der Waals surface area contributed by atoms with Crippen LogP contribution in [0.3, 0.4) is 0 Å². The highest BCUT2D eigenvalue weighted by Gasteiger charge is 2.24. The van der Waals surface area contributed by atoms with Crippen LogP contribution in [0.1, 0.15) is 30.9 Å². The first-order chi connectivity index (χ1) is 8.63. The molecule has 1 saturated carbocycles. The van der Waals surface area contributed by atoms with Gasteiger partial charge in [-0.15, -0.1) is 0 Å². The first-order valence-electron chi connectivity index (χ1n) is 6.63. The van der Waals surface area contributed by atoms with E-state index in [0.717, 1.165) is 35.8 Å². The quantitative estimate of drug-likeness (QED) is 0.842. The normalized spacial score (nSPS) is 16.4. The summed E-state index contributed by atoms with van der Waals surface area (Å²) in [5.74, 6) is 2.74. The molecule has 0 bridgehead atoms. The molecule has 0 spiro atoms. The van der Waals surface area contributed by atoms with Crippen molar-refractivity contribution in [3.63, 3.8) is 0 Å². The summed E-state index contributed by atoms with van der Waals surface area (Å²) in [4.78, 5) is 0.